The summed E-state index contributed by atoms with van der Waals surface area (Å²) in [5, 5.41) is 11.4. The first kappa shape index (κ1) is 26.7. The van der Waals surface area contributed by atoms with E-state index in [0.717, 1.165) is 61.5 Å². The van der Waals surface area contributed by atoms with Crippen molar-refractivity contribution in [1.29, 1.82) is 0 Å². The number of likely N-dealkylation sites (tertiary alicyclic amines) is 1. The average molecular weight is 507 g/mol. The van der Waals surface area contributed by atoms with Crippen molar-refractivity contribution in [2.24, 2.45) is 0 Å². The lowest BCUT2D eigenvalue weighted by Crippen LogP contribution is -2.33. The van der Waals surface area contributed by atoms with E-state index in [1.807, 2.05) is 50.2 Å². The molecule has 0 radical (unpaired) electrons. The van der Waals surface area contributed by atoms with Gasteiger partial charge in [-0.3, -0.25) is 9.59 Å². The Labute approximate surface area is 219 Å². The minimum Gasteiger partial charge on any atom is -0.507 e. The maximum Gasteiger partial charge on any atom is 0.295 e. The normalized spacial score (nSPS) is 20.4. The molecule has 7 heteroatoms. The number of Topliss-reactive ketones (excluding diaryl/α,β-unsaturated/α-hetero) is 1. The maximum atomic E-state index is 13.3. The highest BCUT2D eigenvalue weighted by Gasteiger charge is 2.46. The maximum absolute atomic E-state index is 13.3. The molecule has 1 saturated heterocycles. The molecule has 0 spiro atoms. The molecule has 4 rings (SSSR count). The molecule has 198 valence electrons. The molecular weight excluding hydrogens is 468 g/mol. The van der Waals surface area contributed by atoms with E-state index in [4.69, 9.17) is 9.47 Å². The van der Waals surface area contributed by atoms with Gasteiger partial charge in [0.15, 0.2) is 0 Å². The highest BCUT2D eigenvalue weighted by molar-refractivity contribution is 6.46. The number of nitrogens with zero attached hydrogens (tertiary/aromatic N) is 2. The molecule has 2 aromatic rings. The molecular formula is C30H38N2O5. The van der Waals surface area contributed by atoms with E-state index < -0.39 is 17.7 Å². The van der Waals surface area contributed by atoms with Gasteiger partial charge in [0.25, 0.3) is 11.7 Å². The second kappa shape index (κ2) is 11.8. The second-order valence-electron chi connectivity index (χ2n) is 9.75. The molecule has 2 aromatic carbocycles. The number of hydrogen-bond donors (Lipinski definition) is 1. The van der Waals surface area contributed by atoms with Crippen LogP contribution in [0.25, 0.3) is 5.76 Å². The van der Waals surface area contributed by atoms with Gasteiger partial charge in [0.05, 0.1) is 18.2 Å². The first-order valence-electron chi connectivity index (χ1n) is 13.4. The van der Waals surface area contributed by atoms with Crippen LogP contribution in [0.1, 0.15) is 63.3 Å². The zero-order chi connectivity index (χ0) is 26.5. The largest absolute Gasteiger partial charge is 0.507 e. The summed E-state index contributed by atoms with van der Waals surface area (Å²) in [5.74, 6) is 0.150. The standard InChI is InChI=1S/C30H38N2O5/c1-5-17-36-24-12-9-21(10-13-24)27-26(28(33)22-11-14-25-23(19-22)18-20(4)37-25)29(34)30(35)32(27)16-8-15-31(6-2)7-3/h9-14,19-20,27,33H,5-8,15-18H2,1-4H3/t20-,27+/m0/s1. The number of fused-ring (bicyclic) bond motifs is 1. The highest BCUT2D eigenvalue weighted by atomic mass is 16.5. The van der Waals surface area contributed by atoms with Gasteiger partial charge in [0.1, 0.15) is 23.4 Å². The Bertz CT molecular complexity index is 1150. The van der Waals surface area contributed by atoms with Gasteiger partial charge in [-0.05, 0) is 80.9 Å². The Morgan fingerprint density at radius 2 is 1.84 bits per heavy atom. The molecule has 0 aliphatic carbocycles. The van der Waals surface area contributed by atoms with E-state index in [2.05, 4.69) is 18.7 Å². The van der Waals surface area contributed by atoms with Crippen molar-refractivity contribution in [3.8, 4) is 11.5 Å². The fourth-order valence-corrected chi connectivity index (χ4v) is 5.15. The number of rotatable bonds is 11. The van der Waals surface area contributed by atoms with Crippen LogP contribution in [0.15, 0.2) is 48.0 Å². The van der Waals surface area contributed by atoms with Crippen molar-refractivity contribution >= 4 is 17.4 Å². The van der Waals surface area contributed by atoms with Crippen LogP contribution in [0.4, 0.5) is 0 Å². The van der Waals surface area contributed by atoms with Crippen LogP contribution in [0, 0.1) is 0 Å². The lowest BCUT2D eigenvalue weighted by atomic mass is 9.94. The summed E-state index contributed by atoms with van der Waals surface area (Å²) >= 11 is 0. The molecule has 1 fully saturated rings. The number of aliphatic hydroxyl groups is 1. The van der Waals surface area contributed by atoms with Gasteiger partial charge in [-0.1, -0.05) is 32.9 Å². The van der Waals surface area contributed by atoms with E-state index in [1.54, 1.807) is 11.0 Å². The lowest BCUT2D eigenvalue weighted by molar-refractivity contribution is -0.140. The van der Waals surface area contributed by atoms with Crippen molar-refractivity contribution in [2.45, 2.75) is 59.1 Å². The molecule has 2 aliphatic heterocycles. The summed E-state index contributed by atoms with van der Waals surface area (Å²) in [6.45, 7) is 12.0. The Hall–Kier alpha value is -3.32. The summed E-state index contributed by atoms with van der Waals surface area (Å²) in [7, 11) is 0. The zero-order valence-corrected chi connectivity index (χ0v) is 22.3. The molecule has 0 saturated carbocycles. The second-order valence-corrected chi connectivity index (χ2v) is 9.75. The van der Waals surface area contributed by atoms with E-state index in [-0.39, 0.29) is 17.4 Å². The van der Waals surface area contributed by atoms with Crippen LogP contribution < -0.4 is 9.47 Å². The highest BCUT2D eigenvalue weighted by Crippen LogP contribution is 2.41. The average Bonchev–Trinajstić information content (AvgIpc) is 3.40. The van der Waals surface area contributed by atoms with Gasteiger partial charge >= 0.3 is 0 Å². The molecule has 0 aromatic heterocycles. The topological polar surface area (TPSA) is 79.3 Å². The van der Waals surface area contributed by atoms with Crippen LogP contribution in [-0.4, -0.2) is 65.5 Å². The first-order valence-corrected chi connectivity index (χ1v) is 13.4. The quantitative estimate of drug-likeness (QED) is 0.264. The lowest BCUT2D eigenvalue weighted by Gasteiger charge is -2.27. The molecule has 2 aliphatic rings. The number of hydrogen-bond acceptors (Lipinski definition) is 6. The molecule has 7 nitrogen and oxygen atoms in total. The van der Waals surface area contributed by atoms with Crippen LogP contribution in [-0.2, 0) is 16.0 Å². The third-order valence-electron chi connectivity index (χ3n) is 7.15. The van der Waals surface area contributed by atoms with E-state index in [0.29, 0.717) is 18.7 Å². The Morgan fingerprint density at radius 1 is 1.11 bits per heavy atom. The predicted molar refractivity (Wildman–Crippen MR) is 144 cm³/mol. The van der Waals surface area contributed by atoms with Gasteiger partial charge in [-0.15, -0.1) is 0 Å². The summed E-state index contributed by atoms with van der Waals surface area (Å²) in [6, 6.07) is 12.2. The number of carbonyl (C=O) groups excluding carboxylic acids is 2. The van der Waals surface area contributed by atoms with Crippen molar-refractivity contribution in [1.82, 2.24) is 9.80 Å². The summed E-state index contributed by atoms with van der Waals surface area (Å²) in [6.07, 6.45) is 2.44. The smallest absolute Gasteiger partial charge is 0.295 e. The fraction of sp³-hybridized carbons (Fsp3) is 0.467. The van der Waals surface area contributed by atoms with Crippen molar-refractivity contribution in [2.75, 3.05) is 32.8 Å². The van der Waals surface area contributed by atoms with Gasteiger partial charge in [-0.25, -0.2) is 0 Å². The fourth-order valence-electron chi connectivity index (χ4n) is 5.15. The number of aliphatic hydroxyl groups excluding tert-OH is 1. The molecule has 37 heavy (non-hydrogen) atoms. The summed E-state index contributed by atoms with van der Waals surface area (Å²) in [4.78, 5) is 30.5. The number of ether oxygens (including phenoxy) is 2. The number of ketones is 1. The van der Waals surface area contributed by atoms with Crippen LogP contribution >= 0.6 is 0 Å². The van der Waals surface area contributed by atoms with Gasteiger partial charge in [-0.2, -0.15) is 0 Å². The molecule has 0 bridgehead atoms. The van der Waals surface area contributed by atoms with Crippen LogP contribution in [0.3, 0.4) is 0 Å². The minimum absolute atomic E-state index is 0.0669. The third kappa shape index (κ3) is 5.67. The number of carbonyl (C=O) groups is 2. The van der Waals surface area contributed by atoms with Crippen LogP contribution in [0.5, 0.6) is 11.5 Å². The van der Waals surface area contributed by atoms with E-state index in [1.165, 1.54) is 0 Å². The number of benzene rings is 2. The molecule has 1 amide bonds. The van der Waals surface area contributed by atoms with Crippen molar-refractivity contribution < 1.29 is 24.2 Å². The zero-order valence-electron chi connectivity index (χ0n) is 22.3. The van der Waals surface area contributed by atoms with Crippen molar-refractivity contribution in [3.05, 3.63) is 64.7 Å². The molecule has 2 atom stereocenters. The Kier molecular flexibility index (Phi) is 8.54. The summed E-state index contributed by atoms with van der Waals surface area (Å²) < 4.78 is 11.5. The Morgan fingerprint density at radius 3 is 2.51 bits per heavy atom. The Balaban J connectivity index is 1.71. The molecule has 2 heterocycles. The van der Waals surface area contributed by atoms with E-state index >= 15 is 0 Å². The summed E-state index contributed by atoms with van der Waals surface area (Å²) in [5.41, 5.74) is 2.40. The molecule has 0 unspecified atom stereocenters. The number of amides is 1. The predicted octanol–water partition coefficient (Wildman–Crippen LogP) is 4.95. The van der Waals surface area contributed by atoms with E-state index in [9.17, 15) is 14.7 Å². The van der Waals surface area contributed by atoms with Crippen LogP contribution in [0.2, 0.25) is 0 Å². The van der Waals surface area contributed by atoms with Gasteiger partial charge < -0.3 is 24.4 Å². The third-order valence-corrected chi connectivity index (χ3v) is 7.15. The first-order chi connectivity index (χ1) is 17.9. The van der Waals surface area contributed by atoms with Gasteiger partial charge in [0.2, 0.25) is 0 Å². The minimum atomic E-state index is -0.666. The van der Waals surface area contributed by atoms with Gasteiger partial charge in [0, 0.05) is 18.5 Å². The SMILES string of the molecule is CCCOc1ccc([C@@H]2C(=C(O)c3ccc4c(c3)C[C@H](C)O4)C(=O)C(=O)N2CCCN(CC)CC)cc1. The van der Waals surface area contributed by atoms with Crippen molar-refractivity contribution in [3.63, 3.8) is 0 Å². The molecule has 1 N–H and O–H groups in total. The monoisotopic (exact) mass is 506 g/mol.